The normalized spacial score (nSPS) is 18.7. The maximum atomic E-state index is 13.6. The molecule has 2 fully saturated rings. The molecule has 0 radical (unpaired) electrons. The minimum atomic E-state index is -0.783. The number of amides is 3. The Bertz CT molecular complexity index is 941. The van der Waals surface area contributed by atoms with E-state index in [1.54, 1.807) is 24.1 Å². The third kappa shape index (κ3) is 4.49. The average Bonchev–Trinajstić information content (AvgIpc) is 2.98. The molecule has 2 aromatic carbocycles. The Kier molecular flexibility index (Phi) is 6.77. The van der Waals surface area contributed by atoms with Gasteiger partial charge in [0.15, 0.2) is 0 Å². The van der Waals surface area contributed by atoms with Crippen molar-refractivity contribution in [2.45, 2.75) is 37.9 Å². The standard InChI is InChI=1S/C25H31N3O4/c1-32-16-6-13-28-24(31)27(19-20-7-3-2-4-8-20)23(30)25(28)11-14-26(15-12-25)18-21-9-5-10-22(29)17-21/h2-5,7-10,17,29H,6,11-16,18-19H2,1H3. The lowest BCUT2D eigenvalue weighted by atomic mass is 9.85. The zero-order valence-corrected chi connectivity index (χ0v) is 18.6. The van der Waals surface area contributed by atoms with Gasteiger partial charge in [-0.1, -0.05) is 42.5 Å². The zero-order valence-electron chi connectivity index (χ0n) is 18.6. The Morgan fingerprint density at radius 1 is 0.969 bits per heavy atom. The van der Waals surface area contributed by atoms with Gasteiger partial charge in [0.05, 0.1) is 6.54 Å². The highest BCUT2D eigenvalue weighted by molar-refractivity contribution is 6.07. The fraction of sp³-hybridized carbons (Fsp3) is 0.440. The predicted octanol–water partition coefficient (Wildman–Crippen LogP) is 3.23. The summed E-state index contributed by atoms with van der Waals surface area (Å²) in [6, 6.07) is 16.7. The van der Waals surface area contributed by atoms with Crippen LogP contribution in [0.3, 0.4) is 0 Å². The third-order valence-electron chi connectivity index (χ3n) is 6.54. The highest BCUT2D eigenvalue weighted by atomic mass is 16.5. The van der Waals surface area contributed by atoms with Crippen LogP contribution in [0, 0.1) is 0 Å². The van der Waals surface area contributed by atoms with E-state index in [1.807, 2.05) is 42.5 Å². The molecule has 1 spiro atoms. The summed E-state index contributed by atoms with van der Waals surface area (Å²) in [5.41, 5.74) is 1.21. The largest absolute Gasteiger partial charge is 0.508 e. The monoisotopic (exact) mass is 437 g/mol. The van der Waals surface area contributed by atoms with Crippen molar-refractivity contribution in [1.29, 1.82) is 0 Å². The molecule has 2 saturated heterocycles. The fourth-order valence-electron chi connectivity index (χ4n) is 4.84. The number of phenols is 1. The van der Waals surface area contributed by atoms with Crippen LogP contribution < -0.4 is 0 Å². The predicted molar refractivity (Wildman–Crippen MR) is 121 cm³/mol. The Morgan fingerprint density at radius 3 is 2.38 bits per heavy atom. The molecule has 2 aliphatic rings. The van der Waals surface area contributed by atoms with Crippen molar-refractivity contribution in [3.8, 4) is 5.75 Å². The lowest BCUT2D eigenvalue weighted by molar-refractivity contribution is -0.136. The summed E-state index contributed by atoms with van der Waals surface area (Å²) in [6.45, 7) is 3.51. The van der Waals surface area contributed by atoms with Crippen molar-refractivity contribution in [3.63, 3.8) is 0 Å². The summed E-state index contributed by atoms with van der Waals surface area (Å²) < 4.78 is 5.19. The van der Waals surface area contributed by atoms with Gasteiger partial charge in [-0.05, 0) is 42.5 Å². The first-order valence-corrected chi connectivity index (χ1v) is 11.2. The minimum Gasteiger partial charge on any atom is -0.508 e. The number of imide groups is 1. The van der Waals surface area contributed by atoms with E-state index in [0.717, 1.165) is 11.1 Å². The molecule has 32 heavy (non-hydrogen) atoms. The molecule has 2 aromatic rings. The number of rotatable bonds is 8. The van der Waals surface area contributed by atoms with Gasteiger partial charge in [-0.3, -0.25) is 14.6 Å². The first-order valence-electron chi connectivity index (χ1n) is 11.2. The molecule has 1 N–H and O–H groups in total. The Labute approximate surface area is 189 Å². The number of hydrogen-bond acceptors (Lipinski definition) is 5. The van der Waals surface area contributed by atoms with Crippen LogP contribution in [0.1, 0.15) is 30.4 Å². The van der Waals surface area contributed by atoms with Gasteiger partial charge in [0.25, 0.3) is 5.91 Å². The van der Waals surface area contributed by atoms with Crippen molar-refractivity contribution in [2.24, 2.45) is 0 Å². The van der Waals surface area contributed by atoms with E-state index in [-0.39, 0.29) is 17.7 Å². The number of nitrogens with zero attached hydrogens (tertiary/aromatic N) is 3. The molecule has 7 nitrogen and oxygen atoms in total. The topological polar surface area (TPSA) is 73.3 Å². The number of carbonyl (C=O) groups is 2. The first kappa shape index (κ1) is 22.3. The maximum absolute atomic E-state index is 13.6. The molecule has 2 aliphatic heterocycles. The van der Waals surface area contributed by atoms with E-state index in [0.29, 0.717) is 58.6 Å². The van der Waals surface area contributed by atoms with E-state index >= 15 is 0 Å². The summed E-state index contributed by atoms with van der Waals surface area (Å²) in [6.07, 6.45) is 1.91. The van der Waals surface area contributed by atoms with Gasteiger partial charge >= 0.3 is 6.03 Å². The molecule has 3 amide bonds. The zero-order chi connectivity index (χ0) is 22.6. The third-order valence-corrected chi connectivity index (χ3v) is 6.54. The van der Waals surface area contributed by atoms with Crippen LogP contribution in [0.25, 0.3) is 0 Å². The van der Waals surface area contributed by atoms with Crippen LogP contribution in [-0.2, 0) is 22.6 Å². The minimum absolute atomic E-state index is 0.0826. The quantitative estimate of drug-likeness (QED) is 0.507. The molecule has 0 unspecified atom stereocenters. The number of benzene rings is 2. The molecule has 4 rings (SSSR count). The number of methoxy groups -OCH3 is 1. The van der Waals surface area contributed by atoms with E-state index in [9.17, 15) is 14.7 Å². The molecule has 0 saturated carbocycles. The number of phenolic OH excluding ortho intramolecular Hbond substituents is 1. The maximum Gasteiger partial charge on any atom is 0.327 e. The van der Waals surface area contributed by atoms with Crippen molar-refractivity contribution >= 4 is 11.9 Å². The van der Waals surface area contributed by atoms with E-state index < -0.39 is 5.54 Å². The number of aromatic hydroxyl groups is 1. The summed E-state index contributed by atoms with van der Waals surface area (Å²) in [5.74, 6) is 0.175. The molecule has 7 heteroatoms. The Morgan fingerprint density at radius 2 is 1.69 bits per heavy atom. The SMILES string of the molecule is COCCCN1C(=O)N(Cc2ccccc2)C(=O)C12CCN(Cc1cccc(O)c1)CC2. The van der Waals surface area contributed by atoms with Crippen LogP contribution in [-0.4, -0.2) is 70.6 Å². The van der Waals surface area contributed by atoms with Gasteiger partial charge in [0.2, 0.25) is 0 Å². The van der Waals surface area contributed by atoms with Crippen molar-refractivity contribution in [2.75, 3.05) is 33.4 Å². The average molecular weight is 438 g/mol. The van der Waals surface area contributed by atoms with Crippen molar-refractivity contribution in [1.82, 2.24) is 14.7 Å². The lowest BCUT2D eigenvalue weighted by Gasteiger charge is -2.42. The number of ether oxygens (including phenoxy) is 1. The Balaban J connectivity index is 1.50. The molecule has 0 atom stereocenters. The van der Waals surface area contributed by atoms with Crippen LogP contribution in [0.4, 0.5) is 4.79 Å². The van der Waals surface area contributed by atoms with Gasteiger partial charge in [-0.2, -0.15) is 0 Å². The van der Waals surface area contributed by atoms with Crippen LogP contribution in [0.2, 0.25) is 0 Å². The highest BCUT2D eigenvalue weighted by Gasteiger charge is 2.57. The molecule has 0 aromatic heterocycles. The van der Waals surface area contributed by atoms with Crippen LogP contribution in [0.15, 0.2) is 54.6 Å². The van der Waals surface area contributed by atoms with E-state index in [1.165, 1.54) is 4.90 Å². The molecular weight excluding hydrogens is 406 g/mol. The molecular formula is C25H31N3O4. The van der Waals surface area contributed by atoms with Gasteiger partial charge < -0.3 is 14.7 Å². The first-order chi connectivity index (χ1) is 15.5. The molecule has 0 bridgehead atoms. The van der Waals surface area contributed by atoms with Crippen molar-refractivity contribution < 1.29 is 19.4 Å². The second kappa shape index (κ2) is 9.71. The second-order valence-corrected chi connectivity index (χ2v) is 8.64. The van der Waals surface area contributed by atoms with Crippen LogP contribution in [0.5, 0.6) is 5.75 Å². The van der Waals surface area contributed by atoms with Gasteiger partial charge in [-0.25, -0.2) is 4.79 Å². The number of urea groups is 1. The summed E-state index contributed by atoms with van der Waals surface area (Å²) >= 11 is 0. The number of likely N-dealkylation sites (tertiary alicyclic amines) is 1. The molecule has 2 heterocycles. The summed E-state index contributed by atoms with van der Waals surface area (Å²) in [5, 5.41) is 9.74. The van der Waals surface area contributed by atoms with E-state index in [4.69, 9.17) is 4.74 Å². The lowest BCUT2D eigenvalue weighted by Crippen LogP contribution is -2.56. The summed E-state index contributed by atoms with van der Waals surface area (Å²) in [4.78, 5) is 32.5. The van der Waals surface area contributed by atoms with Crippen LogP contribution >= 0.6 is 0 Å². The van der Waals surface area contributed by atoms with Gasteiger partial charge in [0, 0.05) is 39.9 Å². The second-order valence-electron chi connectivity index (χ2n) is 8.64. The number of piperidine rings is 1. The summed E-state index contributed by atoms with van der Waals surface area (Å²) in [7, 11) is 1.65. The fourth-order valence-corrected chi connectivity index (χ4v) is 4.84. The van der Waals surface area contributed by atoms with E-state index in [2.05, 4.69) is 4.90 Å². The van der Waals surface area contributed by atoms with Crippen molar-refractivity contribution in [3.05, 3.63) is 65.7 Å². The van der Waals surface area contributed by atoms with Gasteiger partial charge in [0.1, 0.15) is 11.3 Å². The molecule has 0 aliphatic carbocycles. The van der Waals surface area contributed by atoms with Gasteiger partial charge in [-0.15, -0.1) is 0 Å². The highest BCUT2D eigenvalue weighted by Crippen LogP contribution is 2.38. The smallest absolute Gasteiger partial charge is 0.327 e. The molecule has 170 valence electrons. The number of carbonyl (C=O) groups excluding carboxylic acids is 2. The Hall–Kier alpha value is -2.90. The number of hydrogen-bond donors (Lipinski definition) is 1.